The summed E-state index contributed by atoms with van der Waals surface area (Å²) in [6, 6.07) is 16.4. The summed E-state index contributed by atoms with van der Waals surface area (Å²) in [5, 5.41) is 17.5. The first-order chi connectivity index (χ1) is 11.0. The molecule has 0 heterocycles. The topological polar surface area (TPSA) is 67.2 Å². The van der Waals surface area contributed by atoms with Crippen LogP contribution in [0.3, 0.4) is 0 Å². The van der Waals surface area contributed by atoms with Gasteiger partial charge in [-0.25, -0.2) is 0 Å². The maximum atomic E-state index is 10.7. The highest BCUT2D eigenvalue weighted by atomic mass is 32.1. The first-order valence-corrected chi connectivity index (χ1v) is 7.75. The highest BCUT2D eigenvalue weighted by molar-refractivity contribution is 7.80. The molecule has 0 aliphatic heterocycles. The smallest absolute Gasteiger partial charge is 0.269 e. The lowest BCUT2D eigenvalue weighted by atomic mass is 9.96. The summed E-state index contributed by atoms with van der Waals surface area (Å²) >= 11 is 5.36. The molecule has 0 saturated carbocycles. The number of hydrogen-bond donors (Lipinski definition) is 2. The van der Waals surface area contributed by atoms with Crippen molar-refractivity contribution in [2.75, 3.05) is 5.32 Å². The van der Waals surface area contributed by atoms with Gasteiger partial charge in [-0.3, -0.25) is 10.1 Å². The van der Waals surface area contributed by atoms with Crippen molar-refractivity contribution in [1.29, 1.82) is 0 Å². The monoisotopic (exact) mass is 329 g/mol. The van der Waals surface area contributed by atoms with E-state index in [1.807, 2.05) is 18.2 Å². The van der Waals surface area contributed by atoms with Crippen LogP contribution in [0.15, 0.2) is 54.6 Å². The number of nitrogens with zero attached hydrogens (tertiary/aromatic N) is 1. The van der Waals surface area contributed by atoms with Crippen LogP contribution in [-0.2, 0) is 0 Å². The van der Waals surface area contributed by atoms with Gasteiger partial charge in [-0.15, -0.1) is 0 Å². The zero-order chi connectivity index (χ0) is 16.8. The van der Waals surface area contributed by atoms with E-state index >= 15 is 0 Å². The Hall–Kier alpha value is -2.47. The van der Waals surface area contributed by atoms with Gasteiger partial charge in [0.1, 0.15) is 0 Å². The van der Waals surface area contributed by atoms with Crippen molar-refractivity contribution in [3.8, 4) is 0 Å². The number of rotatable bonds is 5. The Morgan fingerprint density at radius 2 is 1.70 bits per heavy atom. The Bertz CT molecular complexity index is 672. The number of non-ortho nitro benzene ring substituents is 1. The highest BCUT2D eigenvalue weighted by Gasteiger charge is 2.16. The molecule has 2 N–H and O–H groups in total. The predicted molar refractivity (Wildman–Crippen MR) is 96.5 cm³/mol. The van der Waals surface area contributed by atoms with E-state index in [0.29, 0.717) is 16.7 Å². The van der Waals surface area contributed by atoms with Crippen LogP contribution in [0.5, 0.6) is 0 Å². The minimum atomic E-state index is -0.426. The van der Waals surface area contributed by atoms with Crippen LogP contribution in [0, 0.1) is 16.0 Å². The van der Waals surface area contributed by atoms with Gasteiger partial charge in [-0.1, -0.05) is 44.2 Å². The van der Waals surface area contributed by atoms with E-state index in [9.17, 15) is 10.1 Å². The maximum absolute atomic E-state index is 10.7. The van der Waals surface area contributed by atoms with Gasteiger partial charge < -0.3 is 10.6 Å². The number of nitro benzene ring substituents is 1. The molecule has 120 valence electrons. The van der Waals surface area contributed by atoms with Crippen LogP contribution in [0.2, 0.25) is 0 Å². The molecule has 2 rings (SSSR count). The SMILES string of the molecule is CC(C)[C@@H](NC(=S)Nc1ccc([N+](=O)[O-])cc1)c1ccccc1. The molecule has 0 amide bonds. The molecule has 0 radical (unpaired) electrons. The number of benzene rings is 2. The van der Waals surface area contributed by atoms with Crippen molar-refractivity contribution in [3.05, 3.63) is 70.3 Å². The fourth-order valence-electron chi connectivity index (χ4n) is 2.27. The zero-order valence-corrected chi connectivity index (χ0v) is 13.8. The normalized spacial score (nSPS) is 11.8. The number of hydrogen-bond acceptors (Lipinski definition) is 3. The lowest BCUT2D eigenvalue weighted by Crippen LogP contribution is -2.34. The number of nitrogens with one attached hydrogen (secondary N) is 2. The van der Waals surface area contributed by atoms with Crippen molar-refractivity contribution in [2.45, 2.75) is 19.9 Å². The number of anilines is 1. The van der Waals surface area contributed by atoms with E-state index < -0.39 is 4.92 Å². The van der Waals surface area contributed by atoms with Crippen molar-refractivity contribution >= 4 is 28.7 Å². The first kappa shape index (κ1) is 16.9. The van der Waals surface area contributed by atoms with E-state index in [0.717, 1.165) is 5.56 Å². The summed E-state index contributed by atoms with van der Waals surface area (Å²) in [5.41, 5.74) is 1.93. The average Bonchev–Trinajstić information content (AvgIpc) is 2.53. The fourth-order valence-corrected chi connectivity index (χ4v) is 2.51. The average molecular weight is 329 g/mol. The van der Waals surface area contributed by atoms with Gasteiger partial charge >= 0.3 is 0 Å². The highest BCUT2D eigenvalue weighted by Crippen LogP contribution is 2.22. The standard InChI is InChI=1S/C17H19N3O2S/c1-12(2)16(13-6-4-3-5-7-13)19-17(23)18-14-8-10-15(11-9-14)20(21)22/h3-12,16H,1-2H3,(H2,18,19,23)/t16-/m1/s1. The Kier molecular flexibility index (Phi) is 5.65. The lowest BCUT2D eigenvalue weighted by molar-refractivity contribution is -0.384. The molecule has 0 bridgehead atoms. The van der Waals surface area contributed by atoms with Crippen LogP contribution in [0.25, 0.3) is 0 Å². The molecule has 0 unspecified atom stereocenters. The van der Waals surface area contributed by atoms with E-state index in [1.54, 1.807) is 12.1 Å². The summed E-state index contributed by atoms with van der Waals surface area (Å²) < 4.78 is 0. The molecular formula is C17H19N3O2S. The van der Waals surface area contributed by atoms with Gasteiger partial charge in [0.2, 0.25) is 0 Å². The van der Waals surface area contributed by atoms with Crippen molar-refractivity contribution < 1.29 is 4.92 Å². The van der Waals surface area contributed by atoms with Gasteiger partial charge in [-0.2, -0.15) is 0 Å². The van der Waals surface area contributed by atoms with Crippen LogP contribution < -0.4 is 10.6 Å². The van der Waals surface area contributed by atoms with Gasteiger partial charge in [0, 0.05) is 17.8 Å². The zero-order valence-electron chi connectivity index (χ0n) is 13.0. The second-order valence-corrected chi connectivity index (χ2v) is 5.94. The predicted octanol–water partition coefficient (Wildman–Crippen LogP) is 4.28. The van der Waals surface area contributed by atoms with E-state index in [4.69, 9.17) is 12.2 Å². The summed E-state index contributed by atoms with van der Waals surface area (Å²) in [6.07, 6.45) is 0. The molecule has 1 atom stereocenters. The second-order valence-electron chi connectivity index (χ2n) is 5.53. The summed E-state index contributed by atoms with van der Waals surface area (Å²) in [5.74, 6) is 0.356. The lowest BCUT2D eigenvalue weighted by Gasteiger charge is -2.24. The molecule has 6 heteroatoms. The first-order valence-electron chi connectivity index (χ1n) is 7.34. The molecule has 2 aromatic carbocycles. The molecule has 0 aliphatic rings. The molecule has 5 nitrogen and oxygen atoms in total. The largest absolute Gasteiger partial charge is 0.355 e. The van der Waals surface area contributed by atoms with Crippen LogP contribution in [0.1, 0.15) is 25.5 Å². The Morgan fingerprint density at radius 3 is 2.22 bits per heavy atom. The maximum Gasteiger partial charge on any atom is 0.269 e. The van der Waals surface area contributed by atoms with Gasteiger partial charge in [0.05, 0.1) is 11.0 Å². The van der Waals surface area contributed by atoms with Crippen LogP contribution >= 0.6 is 12.2 Å². The molecule has 0 saturated heterocycles. The van der Waals surface area contributed by atoms with Crippen molar-refractivity contribution in [2.24, 2.45) is 5.92 Å². The molecule has 0 fully saturated rings. The van der Waals surface area contributed by atoms with Crippen LogP contribution in [0.4, 0.5) is 11.4 Å². The van der Waals surface area contributed by atoms with Crippen LogP contribution in [-0.4, -0.2) is 10.0 Å². The van der Waals surface area contributed by atoms with E-state index in [1.165, 1.54) is 12.1 Å². The molecule has 23 heavy (non-hydrogen) atoms. The van der Waals surface area contributed by atoms with E-state index in [-0.39, 0.29) is 11.7 Å². The fraction of sp³-hybridized carbons (Fsp3) is 0.235. The second kappa shape index (κ2) is 7.69. The molecule has 0 aliphatic carbocycles. The Balaban J connectivity index is 2.03. The van der Waals surface area contributed by atoms with Gasteiger partial charge in [0.15, 0.2) is 5.11 Å². The number of nitro groups is 1. The third-order valence-electron chi connectivity index (χ3n) is 3.45. The summed E-state index contributed by atoms with van der Waals surface area (Å²) in [4.78, 5) is 10.2. The minimum Gasteiger partial charge on any atom is -0.355 e. The summed E-state index contributed by atoms with van der Waals surface area (Å²) in [6.45, 7) is 4.25. The molecule has 0 spiro atoms. The third kappa shape index (κ3) is 4.75. The Morgan fingerprint density at radius 1 is 1.09 bits per heavy atom. The Labute approximate surface area is 140 Å². The van der Waals surface area contributed by atoms with Crippen molar-refractivity contribution in [3.63, 3.8) is 0 Å². The third-order valence-corrected chi connectivity index (χ3v) is 3.67. The van der Waals surface area contributed by atoms with Gasteiger partial charge in [0.25, 0.3) is 5.69 Å². The minimum absolute atomic E-state index is 0.0544. The quantitative estimate of drug-likeness (QED) is 0.487. The van der Waals surface area contributed by atoms with Gasteiger partial charge in [-0.05, 0) is 35.8 Å². The van der Waals surface area contributed by atoms with E-state index in [2.05, 4.69) is 36.6 Å². The number of thiocarbonyl (C=S) groups is 1. The summed E-state index contributed by atoms with van der Waals surface area (Å²) in [7, 11) is 0. The van der Waals surface area contributed by atoms with Crippen molar-refractivity contribution in [1.82, 2.24) is 5.32 Å². The molecular weight excluding hydrogens is 310 g/mol. The molecule has 0 aromatic heterocycles. The molecule has 2 aromatic rings.